The fourth-order valence-corrected chi connectivity index (χ4v) is 0.530. The molecule has 0 aromatic heterocycles. The Morgan fingerprint density at radius 3 is 1.63 bits per heavy atom. The van der Waals surface area contributed by atoms with Crippen LogP contribution < -0.4 is 12.4 Å². The van der Waals surface area contributed by atoms with Crippen LogP contribution >= 0.6 is 0 Å². The molecule has 0 bridgehead atoms. The number of quaternary nitrogens is 1. The van der Waals surface area contributed by atoms with E-state index in [1.165, 1.54) is 0 Å². The van der Waals surface area contributed by atoms with E-state index in [1.807, 2.05) is 0 Å². The second-order valence-corrected chi connectivity index (χ2v) is 4.59. The summed E-state index contributed by atoms with van der Waals surface area (Å²) in [7, 11) is 1.87. The Morgan fingerprint density at radius 2 is 1.42 bits per heavy atom. The van der Waals surface area contributed by atoms with Crippen molar-refractivity contribution in [1.29, 1.82) is 0 Å². The van der Waals surface area contributed by atoms with Crippen LogP contribution in [-0.2, 0) is 15.7 Å². The average Bonchev–Trinajstić information content (AvgIpc) is 1.96. The third kappa shape index (κ3) is 15.7. The molecule has 120 valence electrons. The summed E-state index contributed by atoms with van der Waals surface area (Å²) in [6.45, 7) is -0.568. The van der Waals surface area contributed by atoms with Crippen molar-refractivity contribution < 1.29 is 56.5 Å². The van der Waals surface area contributed by atoms with Crippen molar-refractivity contribution in [2.45, 2.75) is 12.3 Å². The maximum atomic E-state index is 12.2. The Bertz CT molecular complexity index is 308. The normalized spacial score (nSPS) is 12.5. The zero-order valence-corrected chi connectivity index (χ0v) is 11.9. The number of nitrogens with zero attached hydrogens (tertiary/aromatic N) is 1. The summed E-state index contributed by atoms with van der Waals surface area (Å²) in [5.41, 5.74) is 0. The van der Waals surface area contributed by atoms with Crippen molar-refractivity contribution in [3.8, 4) is 0 Å². The Balaban J connectivity index is -0.000000448. The molecule has 0 heterocycles. The molecule has 0 radical (unpaired) electrons. The number of halogens is 6. The van der Waals surface area contributed by atoms with Crippen LogP contribution in [0.25, 0.3) is 0 Å². The first-order chi connectivity index (χ1) is 7.69. The zero-order valence-electron chi connectivity index (χ0n) is 10.2. The highest BCUT2D eigenvalue weighted by atomic mass is 35.5. The Labute approximate surface area is 115 Å². The number of hydrogen-bond acceptors (Lipinski definition) is 3. The van der Waals surface area contributed by atoms with Crippen molar-refractivity contribution in [2.75, 3.05) is 34.3 Å². The molecule has 0 atom stereocenters. The molecule has 0 unspecified atom stereocenters. The molecule has 12 heteroatoms. The van der Waals surface area contributed by atoms with Gasteiger partial charge in [0.15, 0.2) is 0 Å². The first kappa shape index (κ1) is 23.8. The number of hydrogen-bond donors (Lipinski definition) is 2. The van der Waals surface area contributed by atoms with E-state index >= 15 is 0 Å². The van der Waals surface area contributed by atoms with Gasteiger partial charge in [0.1, 0.15) is 13.2 Å². The second-order valence-electron chi connectivity index (χ2n) is 4.11. The summed E-state index contributed by atoms with van der Waals surface area (Å²) in [5, 5.41) is 0. The van der Waals surface area contributed by atoms with Crippen molar-refractivity contribution >= 4 is 11.0 Å². The summed E-state index contributed by atoms with van der Waals surface area (Å²) in [4.78, 5) is 0. The van der Waals surface area contributed by atoms with Crippen LogP contribution in [0.5, 0.6) is 0 Å². The molecule has 0 aliphatic rings. The standard InChI is InChI=1S/C7H13F5NO.ClH.H2O3S/c1-13(2,3)4-5-14-7(11,12)6(8,9)10;;1-4(2)3/h4-5H2,1-3H3;1H;4H,(H,1,2,3)/q+1;;/p-1. The van der Waals surface area contributed by atoms with Crippen molar-refractivity contribution in [3.63, 3.8) is 0 Å². The SMILES string of the molecule is C[N+](C)(C)CCOC(F)(F)C(F)(F)F.O=[SH](=O)O.[Cl-]. The summed E-state index contributed by atoms with van der Waals surface area (Å²) >= 11 is 0. The van der Waals surface area contributed by atoms with Crippen molar-refractivity contribution in [2.24, 2.45) is 0 Å². The number of ether oxygens (including phenoxy) is 1. The van der Waals surface area contributed by atoms with Gasteiger partial charge in [0.05, 0.1) is 21.1 Å². The third-order valence-corrected chi connectivity index (χ3v) is 1.38. The molecule has 0 aromatic rings. The van der Waals surface area contributed by atoms with E-state index in [0.717, 1.165) is 0 Å². The molecule has 5 nitrogen and oxygen atoms in total. The molecule has 1 N–H and O–H groups in total. The molecule has 0 aliphatic carbocycles. The van der Waals surface area contributed by atoms with Crippen LogP contribution in [0.1, 0.15) is 0 Å². The van der Waals surface area contributed by atoms with Crippen LogP contribution in [-0.4, -0.2) is 64.0 Å². The quantitative estimate of drug-likeness (QED) is 0.268. The molecule has 0 spiro atoms. The molecule has 0 rings (SSSR count). The number of thiol groups is 1. The molecule has 0 saturated heterocycles. The maximum absolute atomic E-state index is 12.2. The van der Waals surface area contributed by atoms with E-state index in [4.69, 9.17) is 13.0 Å². The molecule has 0 fully saturated rings. The van der Waals surface area contributed by atoms with E-state index in [0.29, 0.717) is 0 Å². The molecule has 0 aromatic carbocycles. The number of rotatable bonds is 4. The van der Waals surface area contributed by atoms with Gasteiger partial charge in [0.25, 0.3) is 11.0 Å². The van der Waals surface area contributed by atoms with E-state index < -0.39 is 29.9 Å². The van der Waals surface area contributed by atoms with Gasteiger partial charge >= 0.3 is 12.3 Å². The van der Waals surface area contributed by atoms with E-state index in [1.54, 1.807) is 21.1 Å². The Morgan fingerprint density at radius 1 is 1.11 bits per heavy atom. The highest BCUT2D eigenvalue weighted by molar-refractivity contribution is 7.66. The summed E-state index contributed by atoms with van der Waals surface area (Å²) < 4.78 is 87.0. The van der Waals surface area contributed by atoms with E-state index in [-0.39, 0.29) is 23.4 Å². The molecule has 0 aliphatic heterocycles. The first-order valence-electron chi connectivity index (χ1n) is 4.41. The first-order valence-corrected chi connectivity index (χ1v) is 5.54. The van der Waals surface area contributed by atoms with E-state index in [9.17, 15) is 22.0 Å². The van der Waals surface area contributed by atoms with E-state index in [2.05, 4.69) is 4.74 Å². The molecule has 0 amide bonds. The van der Waals surface area contributed by atoms with Crippen LogP contribution in [0.3, 0.4) is 0 Å². The predicted octanol–water partition coefficient (Wildman–Crippen LogP) is -2.06. The Hall–Kier alpha value is -0.230. The highest BCUT2D eigenvalue weighted by Gasteiger charge is 2.59. The van der Waals surface area contributed by atoms with Gasteiger partial charge in [-0.25, -0.2) is 8.42 Å². The Kier molecular flexibility index (Phi) is 11.1. The maximum Gasteiger partial charge on any atom is 0.482 e. The van der Waals surface area contributed by atoms with Gasteiger partial charge in [-0.3, -0.25) is 4.55 Å². The smallest absolute Gasteiger partial charge is 0.482 e. The lowest BCUT2D eigenvalue weighted by atomic mass is 10.5. The summed E-state index contributed by atoms with van der Waals surface area (Å²) in [6, 6.07) is 0. The topological polar surface area (TPSA) is 63.6 Å². The predicted molar refractivity (Wildman–Crippen MR) is 52.8 cm³/mol. The van der Waals surface area contributed by atoms with Crippen LogP contribution in [0.4, 0.5) is 22.0 Å². The third-order valence-electron chi connectivity index (χ3n) is 1.38. The second kappa shape index (κ2) is 8.84. The number of alkyl halides is 5. The minimum absolute atomic E-state index is 0. The average molecular weight is 340 g/mol. The molecular formula is C7H15ClF5NO4S. The van der Waals surface area contributed by atoms with Gasteiger partial charge in [-0.05, 0) is 0 Å². The molecule has 19 heavy (non-hydrogen) atoms. The highest BCUT2D eigenvalue weighted by Crippen LogP contribution is 2.36. The van der Waals surface area contributed by atoms with Crippen molar-refractivity contribution in [3.05, 3.63) is 0 Å². The largest absolute Gasteiger partial charge is 1.00 e. The lowest BCUT2D eigenvalue weighted by molar-refractivity contribution is -0.871. The fourth-order valence-electron chi connectivity index (χ4n) is 0.530. The van der Waals surface area contributed by atoms with Gasteiger partial charge in [-0.2, -0.15) is 22.0 Å². The van der Waals surface area contributed by atoms with Crippen molar-refractivity contribution in [1.82, 2.24) is 0 Å². The minimum atomic E-state index is -5.64. The number of likely N-dealkylation sites (N-methyl/N-ethyl adjacent to an activating group) is 1. The molecule has 0 saturated carbocycles. The lowest BCUT2D eigenvalue weighted by Gasteiger charge is -2.25. The summed E-state index contributed by atoms with van der Waals surface area (Å²) in [5.74, 6) is 0. The minimum Gasteiger partial charge on any atom is -1.00 e. The van der Waals surface area contributed by atoms with Gasteiger partial charge in [-0.1, -0.05) is 0 Å². The van der Waals surface area contributed by atoms with Crippen LogP contribution in [0.15, 0.2) is 0 Å². The monoisotopic (exact) mass is 339 g/mol. The van der Waals surface area contributed by atoms with Gasteiger partial charge < -0.3 is 21.6 Å². The van der Waals surface area contributed by atoms with Crippen LogP contribution in [0, 0.1) is 0 Å². The van der Waals surface area contributed by atoms with Crippen LogP contribution in [0.2, 0.25) is 0 Å². The van der Waals surface area contributed by atoms with Gasteiger partial charge in [-0.15, -0.1) is 0 Å². The van der Waals surface area contributed by atoms with Gasteiger partial charge in [0, 0.05) is 0 Å². The fraction of sp³-hybridized carbons (Fsp3) is 1.00. The molecular weight excluding hydrogens is 325 g/mol. The summed E-state index contributed by atoms with van der Waals surface area (Å²) in [6.07, 6.45) is -10.7. The lowest BCUT2D eigenvalue weighted by Crippen LogP contribution is -3.00. The zero-order chi connectivity index (χ0) is 15.2. The van der Waals surface area contributed by atoms with Gasteiger partial charge in [0.2, 0.25) is 0 Å².